The molecule has 0 radical (unpaired) electrons. The summed E-state index contributed by atoms with van der Waals surface area (Å²) in [5.41, 5.74) is 5.00. The van der Waals surface area contributed by atoms with Crippen LogP contribution >= 0.6 is 0 Å². The molecular formula is C27H37NO2. The highest BCUT2D eigenvalue weighted by Gasteiger charge is 2.53. The summed E-state index contributed by atoms with van der Waals surface area (Å²) in [6.07, 6.45) is 9.77. The zero-order chi connectivity index (χ0) is 20.7. The maximum Gasteiger partial charge on any atom is 0.310 e. The molecule has 3 fully saturated rings. The van der Waals surface area contributed by atoms with Crippen molar-refractivity contribution in [3.05, 3.63) is 47.0 Å². The molecule has 1 aromatic carbocycles. The van der Waals surface area contributed by atoms with Gasteiger partial charge >= 0.3 is 5.97 Å². The van der Waals surface area contributed by atoms with Gasteiger partial charge in [-0.2, -0.15) is 0 Å². The molecule has 2 aliphatic carbocycles. The Bertz CT molecular complexity index is 807. The number of rotatable bonds is 4. The van der Waals surface area contributed by atoms with Crippen molar-refractivity contribution in [3.8, 4) is 0 Å². The highest BCUT2D eigenvalue weighted by atomic mass is 16.6. The molecule has 1 saturated carbocycles. The Hall–Kier alpha value is -1.61. The van der Waals surface area contributed by atoms with Gasteiger partial charge in [0.05, 0.1) is 5.92 Å². The molecule has 0 aromatic heterocycles. The van der Waals surface area contributed by atoms with Crippen molar-refractivity contribution >= 4 is 5.97 Å². The van der Waals surface area contributed by atoms with Crippen LogP contribution < -0.4 is 0 Å². The van der Waals surface area contributed by atoms with Crippen LogP contribution in [-0.2, 0) is 16.0 Å². The summed E-state index contributed by atoms with van der Waals surface area (Å²) in [7, 11) is 0. The van der Waals surface area contributed by atoms with Gasteiger partial charge in [-0.15, -0.1) is 0 Å². The fourth-order valence-electron chi connectivity index (χ4n) is 6.92. The minimum atomic E-state index is 0.0763. The summed E-state index contributed by atoms with van der Waals surface area (Å²) in [5, 5.41) is 0. The quantitative estimate of drug-likeness (QED) is 0.494. The average molecular weight is 408 g/mol. The maximum atomic E-state index is 12.8. The second kappa shape index (κ2) is 8.15. The molecule has 2 heterocycles. The van der Waals surface area contributed by atoms with Gasteiger partial charge in [0.25, 0.3) is 0 Å². The second-order valence-electron chi connectivity index (χ2n) is 10.8. The van der Waals surface area contributed by atoms with Crippen LogP contribution in [-0.4, -0.2) is 36.6 Å². The minimum absolute atomic E-state index is 0.0763. The molecule has 1 aromatic rings. The Labute approximate surface area is 181 Å². The van der Waals surface area contributed by atoms with E-state index in [-0.39, 0.29) is 23.4 Å². The van der Waals surface area contributed by atoms with Gasteiger partial charge in [-0.1, -0.05) is 48.4 Å². The Morgan fingerprint density at radius 1 is 1.17 bits per heavy atom. The Morgan fingerprint density at radius 3 is 2.70 bits per heavy atom. The van der Waals surface area contributed by atoms with Gasteiger partial charge in [0.2, 0.25) is 0 Å². The van der Waals surface area contributed by atoms with Crippen LogP contribution in [0.15, 0.2) is 41.5 Å². The molecular weight excluding hydrogens is 370 g/mol. The second-order valence-corrected chi connectivity index (χ2v) is 10.8. The standard InChI is InChI=1S/C27H37NO2/c1-19-7-6-12-27(2)17-25-22(16-24(19)27)23(26(29)30-25)18-28-13-10-21(11-14-28)15-20-8-4-3-5-9-20/h3-5,8-9,21-23,25H,6-7,10-18H2,1-2H3/t22-,23+,25+,27+/m0/s1. The van der Waals surface area contributed by atoms with Crippen LogP contribution in [0.4, 0.5) is 0 Å². The lowest BCUT2D eigenvalue weighted by atomic mass is 9.59. The third kappa shape index (κ3) is 3.86. The lowest BCUT2D eigenvalue weighted by Gasteiger charge is -2.46. The van der Waals surface area contributed by atoms with Crippen molar-refractivity contribution in [3.63, 3.8) is 0 Å². The number of nitrogens with zero attached hydrogens (tertiary/aromatic N) is 1. The topological polar surface area (TPSA) is 29.5 Å². The van der Waals surface area contributed by atoms with Crippen molar-refractivity contribution in [1.29, 1.82) is 0 Å². The summed E-state index contributed by atoms with van der Waals surface area (Å²) < 4.78 is 5.98. The van der Waals surface area contributed by atoms with Crippen molar-refractivity contribution in [1.82, 2.24) is 4.90 Å². The van der Waals surface area contributed by atoms with Gasteiger partial charge in [-0.05, 0) is 88.3 Å². The first-order chi connectivity index (χ1) is 14.5. The van der Waals surface area contributed by atoms with Gasteiger partial charge in [-0.3, -0.25) is 4.79 Å². The third-order valence-electron chi connectivity index (χ3n) is 8.71. The number of hydrogen-bond acceptors (Lipinski definition) is 3. The monoisotopic (exact) mass is 407 g/mol. The molecule has 2 aliphatic heterocycles. The minimum Gasteiger partial charge on any atom is -0.462 e. The number of esters is 1. The maximum absolute atomic E-state index is 12.8. The first kappa shape index (κ1) is 20.3. The first-order valence-electron chi connectivity index (χ1n) is 12.2. The van der Waals surface area contributed by atoms with Crippen molar-refractivity contribution in [2.45, 2.75) is 71.3 Å². The molecule has 30 heavy (non-hydrogen) atoms. The molecule has 4 aliphatic rings. The largest absolute Gasteiger partial charge is 0.462 e. The number of ether oxygens (including phenoxy) is 1. The smallest absolute Gasteiger partial charge is 0.310 e. The van der Waals surface area contributed by atoms with Gasteiger partial charge < -0.3 is 9.64 Å². The highest BCUT2D eigenvalue weighted by Crippen LogP contribution is 2.55. The first-order valence-corrected chi connectivity index (χ1v) is 12.2. The van der Waals surface area contributed by atoms with Crippen molar-refractivity contribution in [2.75, 3.05) is 19.6 Å². The Morgan fingerprint density at radius 2 is 1.93 bits per heavy atom. The molecule has 0 spiro atoms. The highest BCUT2D eigenvalue weighted by molar-refractivity contribution is 5.76. The van der Waals surface area contributed by atoms with Crippen molar-refractivity contribution in [2.24, 2.45) is 23.2 Å². The lowest BCUT2D eigenvalue weighted by molar-refractivity contribution is -0.145. The summed E-state index contributed by atoms with van der Waals surface area (Å²) in [5.74, 6) is 1.33. The van der Waals surface area contributed by atoms with E-state index in [2.05, 4.69) is 49.1 Å². The van der Waals surface area contributed by atoms with E-state index in [0.29, 0.717) is 5.92 Å². The zero-order valence-electron chi connectivity index (χ0n) is 18.7. The molecule has 162 valence electrons. The predicted octanol–water partition coefficient (Wildman–Crippen LogP) is 5.40. The van der Waals surface area contributed by atoms with Crippen LogP contribution in [0.25, 0.3) is 0 Å². The molecule has 0 amide bonds. The van der Waals surface area contributed by atoms with E-state index in [1.54, 1.807) is 11.1 Å². The van der Waals surface area contributed by atoms with Crippen LogP contribution in [0.5, 0.6) is 0 Å². The van der Waals surface area contributed by atoms with Crippen LogP contribution in [0.1, 0.15) is 64.4 Å². The number of likely N-dealkylation sites (tertiary alicyclic amines) is 1. The molecule has 3 heteroatoms. The molecule has 0 bridgehead atoms. The molecule has 2 saturated heterocycles. The van der Waals surface area contributed by atoms with Crippen LogP contribution in [0.2, 0.25) is 0 Å². The number of carbonyl (C=O) groups is 1. The Balaban J connectivity index is 1.20. The van der Waals surface area contributed by atoms with Crippen LogP contribution in [0, 0.1) is 23.2 Å². The number of allylic oxidation sites excluding steroid dienone is 2. The average Bonchev–Trinajstić information content (AvgIpc) is 3.02. The summed E-state index contributed by atoms with van der Waals surface area (Å²) in [6.45, 7) is 7.90. The van der Waals surface area contributed by atoms with E-state index in [1.165, 1.54) is 44.1 Å². The van der Waals surface area contributed by atoms with Gasteiger partial charge in [0.15, 0.2) is 0 Å². The SMILES string of the molecule is CC1=C2C[C@@H]3[C@@H](C[C@@]2(C)CCC1)OC(=O)[C@@H]3CN1CCC(Cc2ccccc2)CC1. The zero-order valence-corrected chi connectivity index (χ0v) is 18.7. The number of fused-ring (bicyclic) bond motifs is 2. The van der Waals surface area contributed by atoms with E-state index in [4.69, 9.17) is 4.74 Å². The lowest BCUT2D eigenvalue weighted by Crippen LogP contribution is -2.43. The van der Waals surface area contributed by atoms with Gasteiger partial charge in [0, 0.05) is 12.5 Å². The molecule has 4 atom stereocenters. The van der Waals surface area contributed by atoms with E-state index >= 15 is 0 Å². The summed E-state index contributed by atoms with van der Waals surface area (Å²) in [4.78, 5) is 15.4. The van der Waals surface area contributed by atoms with E-state index < -0.39 is 0 Å². The van der Waals surface area contributed by atoms with E-state index in [0.717, 1.165) is 38.4 Å². The summed E-state index contributed by atoms with van der Waals surface area (Å²) >= 11 is 0. The van der Waals surface area contributed by atoms with E-state index in [1.807, 2.05) is 0 Å². The molecule has 3 nitrogen and oxygen atoms in total. The fraction of sp³-hybridized carbons (Fsp3) is 0.667. The van der Waals surface area contributed by atoms with Crippen LogP contribution in [0.3, 0.4) is 0 Å². The number of hydrogen-bond donors (Lipinski definition) is 0. The Kier molecular flexibility index (Phi) is 5.51. The number of benzene rings is 1. The molecule has 0 N–H and O–H groups in total. The third-order valence-corrected chi connectivity index (χ3v) is 8.71. The molecule has 5 rings (SSSR count). The van der Waals surface area contributed by atoms with Gasteiger partial charge in [0.1, 0.15) is 6.10 Å². The van der Waals surface area contributed by atoms with Gasteiger partial charge in [-0.25, -0.2) is 0 Å². The fourth-order valence-corrected chi connectivity index (χ4v) is 6.92. The predicted molar refractivity (Wildman–Crippen MR) is 120 cm³/mol. The van der Waals surface area contributed by atoms with Crippen molar-refractivity contribution < 1.29 is 9.53 Å². The van der Waals surface area contributed by atoms with E-state index in [9.17, 15) is 4.79 Å². The molecule has 0 unspecified atom stereocenters. The number of carbonyl (C=O) groups excluding carboxylic acids is 1. The number of piperidine rings is 1. The normalized spacial score (nSPS) is 35.1. The summed E-state index contributed by atoms with van der Waals surface area (Å²) in [6, 6.07) is 10.9.